The molecule has 0 aliphatic carbocycles. The van der Waals surface area contributed by atoms with E-state index in [0.717, 1.165) is 32.8 Å². The molecule has 5 rings (SSSR count). The number of quaternary nitrogens is 1. The van der Waals surface area contributed by atoms with E-state index in [2.05, 4.69) is 6.07 Å². The van der Waals surface area contributed by atoms with Crippen LogP contribution in [0.15, 0.2) is 74.8 Å². The van der Waals surface area contributed by atoms with Crippen LogP contribution in [0.1, 0.15) is 16.7 Å². The molecular weight excluding hydrogens is 436 g/mol. The van der Waals surface area contributed by atoms with Crippen LogP contribution in [0.3, 0.4) is 0 Å². The molecule has 0 saturated carbocycles. The van der Waals surface area contributed by atoms with Gasteiger partial charge in [0.05, 0.1) is 31.1 Å². The SMILES string of the molecule is Cc1cc2oc(=O)cc(C[NH+]3CCN(S(=O)(=O)c4ccc5ccccc5c4)CC3)c2cc1C. The third kappa shape index (κ3) is 4.19. The fraction of sp³-hybridized carbons (Fsp3) is 0.269. The van der Waals surface area contributed by atoms with Crippen LogP contribution in [0.5, 0.6) is 0 Å². The van der Waals surface area contributed by atoms with Crippen LogP contribution in [0.25, 0.3) is 21.7 Å². The summed E-state index contributed by atoms with van der Waals surface area (Å²) in [5, 5.41) is 2.90. The van der Waals surface area contributed by atoms with Crippen LogP contribution in [-0.4, -0.2) is 38.9 Å². The average molecular weight is 464 g/mol. The molecule has 0 unspecified atom stereocenters. The van der Waals surface area contributed by atoms with Crippen molar-refractivity contribution in [3.05, 3.63) is 87.8 Å². The van der Waals surface area contributed by atoms with Crippen molar-refractivity contribution >= 4 is 31.8 Å². The number of nitrogens with zero attached hydrogens (tertiary/aromatic N) is 1. The van der Waals surface area contributed by atoms with Gasteiger partial charge in [0.15, 0.2) is 0 Å². The highest BCUT2D eigenvalue weighted by molar-refractivity contribution is 7.89. The molecule has 1 aliphatic rings. The molecule has 1 saturated heterocycles. The number of hydrogen-bond donors (Lipinski definition) is 1. The number of piperazine rings is 1. The normalized spacial score (nSPS) is 15.9. The minimum atomic E-state index is -3.55. The molecule has 7 heteroatoms. The van der Waals surface area contributed by atoms with Crippen LogP contribution in [0.2, 0.25) is 0 Å². The lowest BCUT2D eigenvalue weighted by atomic mass is 10.0. The Balaban J connectivity index is 1.34. The molecule has 0 bridgehead atoms. The third-order valence-electron chi connectivity index (χ3n) is 6.67. The number of nitrogens with one attached hydrogen (secondary N) is 1. The van der Waals surface area contributed by atoms with E-state index in [4.69, 9.17) is 4.42 Å². The molecule has 2 heterocycles. The number of fused-ring (bicyclic) bond motifs is 2. The first-order valence-corrected chi connectivity index (χ1v) is 12.6. The monoisotopic (exact) mass is 463 g/mol. The van der Waals surface area contributed by atoms with Gasteiger partial charge in [0.2, 0.25) is 10.0 Å². The molecule has 0 radical (unpaired) electrons. The van der Waals surface area contributed by atoms with Gasteiger partial charge < -0.3 is 9.32 Å². The summed E-state index contributed by atoms with van der Waals surface area (Å²) in [4.78, 5) is 13.7. The van der Waals surface area contributed by atoms with Crippen molar-refractivity contribution in [1.82, 2.24) is 4.31 Å². The summed E-state index contributed by atoms with van der Waals surface area (Å²) in [6, 6.07) is 18.6. The van der Waals surface area contributed by atoms with Gasteiger partial charge in [-0.1, -0.05) is 30.3 Å². The van der Waals surface area contributed by atoms with Crippen molar-refractivity contribution in [3.63, 3.8) is 0 Å². The number of sulfonamides is 1. The van der Waals surface area contributed by atoms with Crippen LogP contribution >= 0.6 is 0 Å². The zero-order valence-electron chi connectivity index (χ0n) is 18.8. The Morgan fingerprint density at radius 3 is 2.36 bits per heavy atom. The summed E-state index contributed by atoms with van der Waals surface area (Å²) in [5.74, 6) is 0. The predicted octanol–water partition coefficient (Wildman–Crippen LogP) is 2.65. The van der Waals surface area contributed by atoms with Crippen molar-refractivity contribution in [2.24, 2.45) is 0 Å². The summed E-state index contributed by atoms with van der Waals surface area (Å²) in [6.07, 6.45) is 0. The number of rotatable bonds is 4. The maximum Gasteiger partial charge on any atom is 0.336 e. The lowest BCUT2D eigenvalue weighted by Crippen LogP contribution is -3.13. The highest BCUT2D eigenvalue weighted by atomic mass is 32.2. The Kier molecular flexibility index (Phi) is 5.56. The topological polar surface area (TPSA) is 72.0 Å². The Labute approximate surface area is 193 Å². The third-order valence-corrected chi connectivity index (χ3v) is 8.57. The first kappa shape index (κ1) is 21.8. The van der Waals surface area contributed by atoms with Gasteiger partial charge >= 0.3 is 5.63 Å². The Morgan fingerprint density at radius 1 is 0.909 bits per heavy atom. The Morgan fingerprint density at radius 2 is 1.61 bits per heavy atom. The summed E-state index contributed by atoms with van der Waals surface area (Å²) in [5.41, 5.74) is 3.45. The van der Waals surface area contributed by atoms with Gasteiger partial charge in [-0.25, -0.2) is 13.2 Å². The lowest BCUT2D eigenvalue weighted by molar-refractivity contribution is -0.917. The van der Waals surface area contributed by atoms with Crippen LogP contribution in [0, 0.1) is 13.8 Å². The standard InChI is InChI=1S/C26H26N2O4S/c1-18-13-24-22(16-26(29)32-25(24)14-19(18)2)17-27-9-11-28(12-10-27)33(30,31)23-8-7-20-5-3-4-6-21(20)15-23/h3-8,13-16H,9-12,17H2,1-2H3/p+1. The van der Waals surface area contributed by atoms with E-state index in [0.29, 0.717) is 43.2 Å². The predicted molar refractivity (Wildman–Crippen MR) is 129 cm³/mol. The second kappa shape index (κ2) is 8.41. The molecule has 1 fully saturated rings. The molecule has 1 aromatic heterocycles. The first-order chi connectivity index (χ1) is 15.8. The molecule has 0 atom stereocenters. The molecule has 3 aromatic carbocycles. The number of benzene rings is 3. The highest BCUT2D eigenvalue weighted by Gasteiger charge is 2.31. The van der Waals surface area contributed by atoms with Gasteiger partial charge in [0.1, 0.15) is 12.1 Å². The van der Waals surface area contributed by atoms with E-state index >= 15 is 0 Å². The van der Waals surface area contributed by atoms with Gasteiger partial charge in [-0.15, -0.1) is 0 Å². The maximum atomic E-state index is 13.2. The quantitative estimate of drug-likeness (QED) is 0.473. The highest BCUT2D eigenvalue weighted by Crippen LogP contribution is 2.23. The fourth-order valence-corrected chi connectivity index (χ4v) is 6.07. The van der Waals surface area contributed by atoms with E-state index in [1.807, 2.05) is 50.2 Å². The molecule has 1 aliphatic heterocycles. The zero-order valence-corrected chi connectivity index (χ0v) is 19.6. The van der Waals surface area contributed by atoms with E-state index < -0.39 is 10.0 Å². The van der Waals surface area contributed by atoms with Gasteiger partial charge in [-0.2, -0.15) is 4.31 Å². The molecule has 4 aromatic rings. The average Bonchev–Trinajstić information content (AvgIpc) is 2.80. The summed E-state index contributed by atoms with van der Waals surface area (Å²) in [7, 11) is -3.55. The summed E-state index contributed by atoms with van der Waals surface area (Å²) < 4.78 is 33.5. The van der Waals surface area contributed by atoms with Crippen molar-refractivity contribution < 1.29 is 17.7 Å². The van der Waals surface area contributed by atoms with Crippen LogP contribution in [0.4, 0.5) is 0 Å². The van der Waals surface area contributed by atoms with Crippen molar-refractivity contribution in [1.29, 1.82) is 0 Å². The van der Waals surface area contributed by atoms with Gasteiger partial charge in [-0.05, 0) is 60.0 Å². The van der Waals surface area contributed by atoms with Crippen molar-refractivity contribution in [2.45, 2.75) is 25.3 Å². The van der Waals surface area contributed by atoms with Crippen molar-refractivity contribution in [2.75, 3.05) is 26.2 Å². The second-order valence-electron chi connectivity index (χ2n) is 8.86. The smallest absolute Gasteiger partial charge is 0.336 e. The van der Waals surface area contributed by atoms with Gasteiger partial charge in [-0.3, -0.25) is 0 Å². The van der Waals surface area contributed by atoms with E-state index in [9.17, 15) is 13.2 Å². The Bertz CT molecular complexity index is 1520. The van der Waals surface area contributed by atoms with Gasteiger partial charge in [0.25, 0.3) is 0 Å². The lowest BCUT2D eigenvalue weighted by Gasteiger charge is -2.31. The zero-order chi connectivity index (χ0) is 23.2. The van der Waals surface area contributed by atoms with Crippen LogP contribution in [-0.2, 0) is 16.6 Å². The second-order valence-corrected chi connectivity index (χ2v) is 10.8. The van der Waals surface area contributed by atoms with E-state index in [1.54, 1.807) is 22.5 Å². The molecular formula is C26H27N2O4S+. The number of aryl methyl sites for hydroxylation is 2. The molecule has 0 amide bonds. The van der Waals surface area contributed by atoms with Gasteiger partial charge in [0, 0.05) is 17.0 Å². The van der Waals surface area contributed by atoms with E-state index in [1.165, 1.54) is 4.90 Å². The Hall–Kier alpha value is -3.00. The van der Waals surface area contributed by atoms with E-state index in [-0.39, 0.29) is 5.63 Å². The van der Waals surface area contributed by atoms with Crippen molar-refractivity contribution in [3.8, 4) is 0 Å². The summed E-state index contributed by atoms with van der Waals surface area (Å²) >= 11 is 0. The molecule has 0 spiro atoms. The summed E-state index contributed by atoms with van der Waals surface area (Å²) in [6.45, 7) is 6.96. The number of hydrogen-bond acceptors (Lipinski definition) is 4. The molecule has 33 heavy (non-hydrogen) atoms. The first-order valence-electron chi connectivity index (χ1n) is 11.2. The minimum absolute atomic E-state index is 0.335. The maximum absolute atomic E-state index is 13.2. The largest absolute Gasteiger partial charge is 0.423 e. The molecule has 6 nitrogen and oxygen atoms in total. The van der Waals surface area contributed by atoms with Crippen LogP contribution < -0.4 is 10.5 Å². The fourth-order valence-electron chi connectivity index (χ4n) is 4.60. The molecule has 1 N–H and O–H groups in total. The molecule has 170 valence electrons. The minimum Gasteiger partial charge on any atom is -0.423 e.